The fourth-order valence-corrected chi connectivity index (χ4v) is 3.09. The molecule has 0 aromatic heterocycles. The van der Waals surface area contributed by atoms with Crippen molar-refractivity contribution in [2.45, 2.75) is 45.6 Å². The first-order valence-electron chi connectivity index (χ1n) is 7.27. The summed E-state index contributed by atoms with van der Waals surface area (Å²) in [6.07, 6.45) is 3.69. The zero-order chi connectivity index (χ0) is 14.0. The van der Waals surface area contributed by atoms with E-state index in [9.17, 15) is 9.59 Å². The Balaban J connectivity index is 2.00. The third-order valence-corrected chi connectivity index (χ3v) is 4.40. The quantitative estimate of drug-likeness (QED) is 0.791. The van der Waals surface area contributed by atoms with Crippen molar-refractivity contribution >= 4 is 12.0 Å². The van der Waals surface area contributed by atoms with E-state index in [1.54, 1.807) is 4.90 Å². The van der Waals surface area contributed by atoms with Crippen molar-refractivity contribution in [1.82, 2.24) is 9.80 Å². The Morgan fingerprint density at radius 1 is 1.11 bits per heavy atom. The molecule has 2 aliphatic rings. The van der Waals surface area contributed by atoms with Crippen molar-refractivity contribution in [3.8, 4) is 0 Å². The Morgan fingerprint density at radius 3 is 2.53 bits per heavy atom. The van der Waals surface area contributed by atoms with Crippen molar-refractivity contribution in [2.75, 3.05) is 19.6 Å². The third kappa shape index (κ3) is 3.19. The molecule has 2 heterocycles. The minimum Gasteiger partial charge on any atom is -0.481 e. The minimum atomic E-state index is -0.780. The predicted octanol–water partition coefficient (Wildman–Crippen LogP) is 2.02. The van der Waals surface area contributed by atoms with Crippen molar-refractivity contribution in [3.05, 3.63) is 0 Å². The van der Waals surface area contributed by atoms with E-state index in [0.717, 1.165) is 19.4 Å². The summed E-state index contributed by atoms with van der Waals surface area (Å²) >= 11 is 0. The second-order valence-electron chi connectivity index (χ2n) is 6.09. The molecular formula is C14H24N2O3. The highest BCUT2D eigenvalue weighted by Crippen LogP contribution is 2.24. The van der Waals surface area contributed by atoms with Gasteiger partial charge < -0.3 is 14.9 Å². The first kappa shape index (κ1) is 14.2. The van der Waals surface area contributed by atoms with Crippen molar-refractivity contribution in [1.29, 1.82) is 0 Å². The maximum absolute atomic E-state index is 12.5. The van der Waals surface area contributed by atoms with E-state index >= 15 is 0 Å². The summed E-state index contributed by atoms with van der Waals surface area (Å²) in [4.78, 5) is 27.3. The number of piperidine rings is 2. The number of rotatable bonds is 1. The summed E-state index contributed by atoms with van der Waals surface area (Å²) in [5, 5.41) is 9.09. The molecule has 0 aromatic carbocycles. The van der Waals surface area contributed by atoms with Gasteiger partial charge in [0, 0.05) is 25.7 Å². The van der Waals surface area contributed by atoms with Gasteiger partial charge in [-0.2, -0.15) is 0 Å². The Bertz CT molecular complexity index is 359. The molecule has 0 aromatic rings. The molecule has 2 amide bonds. The number of amides is 2. The lowest BCUT2D eigenvalue weighted by Crippen LogP contribution is -2.53. The van der Waals surface area contributed by atoms with Gasteiger partial charge in [0.25, 0.3) is 0 Å². The van der Waals surface area contributed by atoms with Crippen LogP contribution in [-0.2, 0) is 4.79 Å². The molecule has 0 bridgehead atoms. The van der Waals surface area contributed by atoms with Crippen LogP contribution in [0.3, 0.4) is 0 Å². The molecule has 0 spiro atoms. The summed E-state index contributed by atoms with van der Waals surface area (Å²) < 4.78 is 0. The molecule has 0 saturated carbocycles. The Morgan fingerprint density at radius 2 is 1.84 bits per heavy atom. The minimum absolute atomic E-state index is 0.0324. The number of urea groups is 1. The number of carbonyl (C=O) groups excluding carboxylic acids is 1. The van der Waals surface area contributed by atoms with Crippen LogP contribution in [-0.4, -0.2) is 52.6 Å². The van der Waals surface area contributed by atoms with Crippen LogP contribution in [0.1, 0.15) is 39.5 Å². The van der Waals surface area contributed by atoms with E-state index in [1.165, 1.54) is 6.42 Å². The Hall–Kier alpha value is -1.26. The molecule has 1 N–H and O–H groups in total. The van der Waals surface area contributed by atoms with E-state index in [2.05, 4.69) is 13.8 Å². The lowest BCUT2D eigenvalue weighted by Gasteiger charge is -2.41. The molecule has 108 valence electrons. The monoisotopic (exact) mass is 268 g/mol. The second-order valence-corrected chi connectivity index (χ2v) is 6.09. The van der Waals surface area contributed by atoms with Crippen LogP contribution in [0.25, 0.3) is 0 Å². The van der Waals surface area contributed by atoms with Crippen LogP contribution in [0.15, 0.2) is 0 Å². The Kier molecular flexibility index (Phi) is 4.32. The largest absolute Gasteiger partial charge is 0.481 e. The molecule has 5 nitrogen and oxygen atoms in total. The summed E-state index contributed by atoms with van der Waals surface area (Å²) in [5.74, 6) is -0.631. The van der Waals surface area contributed by atoms with Crippen molar-refractivity contribution in [3.63, 3.8) is 0 Å². The number of nitrogens with zero attached hydrogens (tertiary/aromatic N) is 2. The van der Waals surface area contributed by atoms with E-state index in [0.29, 0.717) is 25.4 Å². The predicted molar refractivity (Wildman–Crippen MR) is 71.9 cm³/mol. The fourth-order valence-electron chi connectivity index (χ4n) is 3.09. The van der Waals surface area contributed by atoms with Crippen molar-refractivity contribution in [2.24, 2.45) is 11.8 Å². The van der Waals surface area contributed by atoms with Crippen LogP contribution >= 0.6 is 0 Å². The lowest BCUT2D eigenvalue weighted by molar-refractivity contribution is -0.143. The van der Waals surface area contributed by atoms with E-state index in [-0.39, 0.29) is 12.1 Å². The number of carboxylic acid groups (broad SMARTS) is 1. The van der Waals surface area contributed by atoms with Crippen LogP contribution in [0, 0.1) is 11.8 Å². The summed E-state index contributed by atoms with van der Waals surface area (Å²) in [7, 11) is 0. The summed E-state index contributed by atoms with van der Waals surface area (Å²) in [6, 6.07) is 0.305. The van der Waals surface area contributed by atoms with Gasteiger partial charge in [-0.05, 0) is 38.5 Å². The highest BCUT2D eigenvalue weighted by atomic mass is 16.4. The molecule has 2 rings (SSSR count). The maximum atomic E-state index is 12.5. The molecule has 0 radical (unpaired) electrons. The van der Waals surface area contributed by atoms with Gasteiger partial charge in [0.15, 0.2) is 0 Å². The standard InChI is InChI=1S/C14H24N2O3/c1-10-5-6-11(2)16(8-10)14(19)15-7-3-4-12(9-15)13(17)18/h10-12H,3-9H2,1-2H3,(H,17,18)/t10?,11?,12-/m0/s1. The highest BCUT2D eigenvalue weighted by molar-refractivity contribution is 5.77. The zero-order valence-corrected chi connectivity index (χ0v) is 11.8. The van der Waals surface area contributed by atoms with Gasteiger partial charge in [0.2, 0.25) is 0 Å². The maximum Gasteiger partial charge on any atom is 0.320 e. The average molecular weight is 268 g/mol. The molecule has 2 fully saturated rings. The van der Waals surface area contributed by atoms with Gasteiger partial charge in [-0.3, -0.25) is 4.79 Å². The van der Waals surface area contributed by atoms with Crippen LogP contribution in [0.2, 0.25) is 0 Å². The normalized spacial score (nSPS) is 32.2. The molecular weight excluding hydrogens is 244 g/mol. The van der Waals surface area contributed by atoms with E-state index in [4.69, 9.17) is 5.11 Å². The highest BCUT2D eigenvalue weighted by Gasteiger charge is 2.34. The molecule has 2 aliphatic heterocycles. The van der Waals surface area contributed by atoms with Crippen LogP contribution in [0.4, 0.5) is 4.79 Å². The molecule has 5 heteroatoms. The van der Waals surface area contributed by atoms with Gasteiger partial charge >= 0.3 is 12.0 Å². The van der Waals surface area contributed by atoms with Gasteiger partial charge in [-0.15, -0.1) is 0 Å². The molecule has 19 heavy (non-hydrogen) atoms. The van der Waals surface area contributed by atoms with Crippen LogP contribution in [0.5, 0.6) is 0 Å². The molecule has 0 aliphatic carbocycles. The third-order valence-electron chi connectivity index (χ3n) is 4.40. The molecule has 3 atom stereocenters. The number of hydrogen-bond donors (Lipinski definition) is 1. The van der Waals surface area contributed by atoms with E-state index in [1.807, 2.05) is 4.90 Å². The molecule has 2 unspecified atom stereocenters. The Labute approximate surface area is 114 Å². The van der Waals surface area contributed by atoms with Crippen molar-refractivity contribution < 1.29 is 14.7 Å². The lowest BCUT2D eigenvalue weighted by atomic mass is 9.95. The summed E-state index contributed by atoms with van der Waals surface area (Å²) in [5.41, 5.74) is 0. The molecule has 2 saturated heterocycles. The average Bonchev–Trinajstić information content (AvgIpc) is 2.41. The number of likely N-dealkylation sites (tertiary alicyclic amines) is 2. The first-order valence-corrected chi connectivity index (χ1v) is 7.27. The number of carbonyl (C=O) groups is 2. The zero-order valence-electron chi connectivity index (χ0n) is 11.8. The van der Waals surface area contributed by atoms with Gasteiger partial charge in [0.05, 0.1) is 5.92 Å². The van der Waals surface area contributed by atoms with Gasteiger partial charge in [-0.25, -0.2) is 4.79 Å². The second kappa shape index (κ2) is 5.80. The summed E-state index contributed by atoms with van der Waals surface area (Å²) in [6.45, 7) is 6.12. The number of aliphatic carboxylic acids is 1. The van der Waals surface area contributed by atoms with Gasteiger partial charge in [-0.1, -0.05) is 6.92 Å². The van der Waals surface area contributed by atoms with E-state index < -0.39 is 11.9 Å². The first-order chi connectivity index (χ1) is 8.99. The topological polar surface area (TPSA) is 60.9 Å². The smallest absolute Gasteiger partial charge is 0.320 e. The van der Waals surface area contributed by atoms with Gasteiger partial charge in [0.1, 0.15) is 0 Å². The number of hydrogen-bond acceptors (Lipinski definition) is 2. The number of carboxylic acids is 1. The SMILES string of the molecule is CC1CCC(C)N(C(=O)N2CCC[C@H](C(=O)O)C2)C1. The van der Waals surface area contributed by atoms with Crippen LogP contribution < -0.4 is 0 Å². The fraction of sp³-hybridized carbons (Fsp3) is 0.857.